The van der Waals surface area contributed by atoms with Crippen LogP contribution in [0, 0.1) is 10.1 Å². The highest BCUT2D eigenvalue weighted by atomic mass is 32.2. The molecule has 218 valence electrons. The molecule has 0 fully saturated rings. The summed E-state index contributed by atoms with van der Waals surface area (Å²) in [5.41, 5.74) is 2.27. The minimum Gasteiger partial charge on any atom is -0.497 e. The summed E-state index contributed by atoms with van der Waals surface area (Å²) >= 11 is 0. The number of carbonyl (C=O) groups is 1. The Labute approximate surface area is 236 Å². The van der Waals surface area contributed by atoms with Gasteiger partial charge in [0.25, 0.3) is 15.9 Å². The van der Waals surface area contributed by atoms with Crippen molar-refractivity contribution in [2.24, 2.45) is 5.10 Å². The van der Waals surface area contributed by atoms with Crippen molar-refractivity contribution < 1.29 is 41.8 Å². The summed E-state index contributed by atoms with van der Waals surface area (Å²) in [6.07, 6.45) is 1.17. The van der Waals surface area contributed by atoms with Crippen LogP contribution in [0.5, 0.6) is 28.7 Å². The van der Waals surface area contributed by atoms with Crippen molar-refractivity contribution in [1.29, 1.82) is 0 Å². The van der Waals surface area contributed by atoms with E-state index in [0.717, 1.165) is 4.31 Å². The van der Waals surface area contributed by atoms with E-state index in [1.54, 1.807) is 6.07 Å². The van der Waals surface area contributed by atoms with Crippen LogP contribution >= 0.6 is 0 Å². The number of hydrazone groups is 1. The monoisotopic (exact) mass is 588 g/mol. The van der Waals surface area contributed by atoms with Crippen molar-refractivity contribution in [3.05, 3.63) is 70.3 Å². The largest absolute Gasteiger partial charge is 0.497 e. The lowest BCUT2D eigenvalue weighted by Gasteiger charge is -2.26. The molecule has 0 aliphatic carbocycles. The van der Waals surface area contributed by atoms with E-state index >= 15 is 0 Å². The zero-order valence-electron chi connectivity index (χ0n) is 22.8. The molecule has 3 aromatic rings. The second kappa shape index (κ2) is 13.3. The number of methoxy groups -OCH3 is 5. The summed E-state index contributed by atoms with van der Waals surface area (Å²) < 4.78 is 54.7. The topological polar surface area (TPSA) is 168 Å². The van der Waals surface area contributed by atoms with Gasteiger partial charge in [0.15, 0.2) is 17.2 Å². The average molecular weight is 589 g/mol. The number of nitro benzene ring substituents is 1. The molecule has 1 N–H and O–H groups in total. The number of hydrogen-bond acceptors (Lipinski definition) is 11. The lowest BCUT2D eigenvalue weighted by Crippen LogP contribution is -2.39. The van der Waals surface area contributed by atoms with Gasteiger partial charge in [-0.25, -0.2) is 13.8 Å². The Bertz CT molecular complexity index is 1560. The smallest absolute Gasteiger partial charge is 0.311 e. The van der Waals surface area contributed by atoms with Crippen molar-refractivity contribution in [3.63, 3.8) is 0 Å². The van der Waals surface area contributed by atoms with Crippen LogP contribution in [0.25, 0.3) is 0 Å². The summed E-state index contributed by atoms with van der Waals surface area (Å²) in [5, 5.41) is 15.1. The number of benzene rings is 3. The highest BCUT2D eigenvalue weighted by molar-refractivity contribution is 7.92. The summed E-state index contributed by atoms with van der Waals surface area (Å²) in [6, 6.07) is 12.6. The van der Waals surface area contributed by atoms with Crippen LogP contribution in [0.4, 0.5) is 11.4 Å². The van der Waals surface area contributed by atoms with Crippen LogP contribution in [0.15, 0.2) is 64.6 Å². The minimum atomic E-state index is -4.40. The van der Waals surface area contributed by atoms with Gasteiger partial charge in [0.2, 0.25) is 0 Å². The van der Waals surface area contributed by atoms with Crippen molar-refractivity contribution in [1.82, 2.24) is 5.43 Å². The molecule has 0 heterocycles. The van der Waals surface area contributed by atoms with Crippen LogP contribution in [0.2, 0.25) is 0 Å². The molecule has 0 unspecified atom stereocenters. The summed E-state index contributed by atoms with van der Waals surface area (Å²) in [7, 11) is 2.43. The highest BCUT2D eigenvalue weighted by Crippen LogP contribution is 2.37. The second-order valence-corrected chi connectivity index (χ2v) is 9.91. The molecule has 0 atom stereocenters. The van der Waals surface area contributed by atoms with Crippen molar-refractivity contribution in [2.45, 2.75) is 4.90 Å². The Balaban J connectivity index is 1.98. The van der Waals surface area contributed by atoms with E-state index < -0.39 is 27.4 Å². The number of hydrogen-bond donors (Lipinski definition) is 1. The van der Waals surface area contributed by atoms with Crippen LogP contribution < -0.4 is 33.4 Å². The van der Waals surface area contributed by atoms with Crippen molar-refractivity contribution in [3.8, 4) is 28.7 Å². The number of nitrogens with one attached hydrogen (secondary N) is 1. The molecule has 0 saturated carbocycles. The number of rotatable bonds is 13. The molecule has 0 spiro atoms. The Morgan fingerprint density at radius 3 is 2.12 bits per heavy atom. The Morgan fingerprint density at radius 1 is 0.878 bits per heavy atom. The Morgan fingerprint density at radius 2 is 1.51 bits per heavy atom. The summed E-state index contributed by atoms with van der Waals surface area (Å²) in [4.78, 5) is 23.4. The van der Waals surface area contributed by atoms with E-state index in [1.807, 2.05) is 0 Å². The molecule has 1 amide bonds. The summed E-state index contributed by atoms with van der Waals surface area (Å²) in [6.45, 7) is -0.722. The zero-order valence-corrected chi connectivity index (χ0v) is 23.6. The molecule has 0 bridgehead atoms. The van der Waals surface area contributed by atoms with Crippen LogP contribution in [0.1, 0.15) is 5.56 Å². The number of anilines is 1. The van der Waals surface area contributed by atoms with Crippen LogP contribution in [0.3, 0.4) is 0 Å². The number of amides is 1. The maximum atomic E-state index is 13.9. The number of ether oxygens (including phenoxy) is 5. The Hall–Kier alpha value is -5.05. The first-order valence-electron chi connectivity index (χ1n) is 11.7. The Kier molecular flexibility index (Phi) is 9.92. The fraction of sp³-hybridized carbons (Fsp3) is 0.231. The third-order valence-electron chi connectivity index (χ3n) is 5.69. The van der Waals surface area contributed by atoms with Crippen molar-refractivity contribution in [2.75, 3.05) is 46.4 Å². The molecule has 0 aliphatic rings. The first-order chi connectivity index (χ1) is 19.6. The first-order valence-corrected chi connectivity index (χ1v) is 13.1. The predicted molar refractivity (Wildman–Crippen MR) is 149 cm³/mol. The van der Waals surface area contributed by atoms with Gasteiger partial charge >= 0.3 is 5.69 Å². The third-order valence-corrected chi connectivity index (χ3v) is 7.44. The van der Waals surface area contributed by atoms with Gasteiger partial charge in [0.05, 0.1) is 57.3 Å². The van der Waals surface area contributed by atoms with Gasteiger partial charge < -0.3 is 23.7 Å². The number of sulfonamides is 1. The van der Waals surface area contributed by atoms with E-state index in [9.17, 15) is 23.3 Å². The first kappa shape index (κ1) is 30.5. The average Bonchev–Trinajstić information content (AvgIpc) is 2.98. The zero-order chi connectivity index (χ0) is 30.2. The van der Waals surface area contributed by atoms with E-state index in [2.05, 4.69) is 10.5 Å². The molecule has 3 rings (SSSR count). The van der Waals surface area contributed by atoms with E-state index in [4.69, 9.17) is 23.7 Å². The maximum Gasteiger partial charge on any atom is 0.311 e. The lowest BCUT2D eigenvalue weighted by atomic mass is 10.2. The number of nitro groups is 1. The molecule has 0 aromatic heterocycles. The molecule has 0 radical (unpaired) electrons. The molecular weight excluding hydrogens is 560 g/mol. The highest BCUT2D eigenvalue weighted by Gasteiger charge is 2.31. The molecule has 3 aromatic carbocycles. The van der Waals surface area contributed by atoms with Gasteiger partial charge in [-0.15, -0.1) is 0 Å². The molecular formula is C26H28N4O10S. The van der Waals surface area contributed by atoms with Gasteiger partial charge in [-0.05, 0) is 36.4 Å². The van der Waals surface area contributed by atoms with Crippen molar-refractivity contribution >= 4 is 33.5 Å². The van der Waals surface area contributed by atoms with Gasteiger partial charge in [-0.1, -0.05) is 0 Å². The van der Waals surface area contributed by atoms with E-state index in [1.165, 1.54) is 90.3 Å². The fourth-order valence-corrected chi connectivity index (χ4v) is 5.11. The molecule has 15 heteroatoms. The van der Waals surface area contributed by atoms with Gasteiger partial charge in [-0.2, -0.15) is 5.10 Å². The van der Waals surface area contributed by atoms with Gasteiger partial charge in [0.1, 0.15) is 18.0 Å². The number of carbonyl (C=O) groups excluding carboxylic acids is 1. The SMILES string of the molecule is COc1ccc(OC)c(N(CC(=O)N/N=C\c2ccc(OC)c([N+](=O)[O-])c2)S(=O)(=O)c2ccc(OC)c(OC)c2)c1. The molecule has 14 nitrogen and oxygen atoms in total. The minimum absolute atomic E-state index is 0.0199. The molecule has 0 aliphatic heterocycles. The predicted octanol–water partition coefficient (Wildman–Crippen LogP) is 2.98. The van der Waals surface area contributed by atoms with Gasteiger partial charge in [0, 0.05) is 23.8 Å². The summed E-state index contributed by atoms with van der Waals surface area (Å²) in [5.74, 6) is 0.165. The maximum absolute atomic E-state index is 13.9. The normalized spacial score (nSPS) is 11.0. The molecule has 41 heavy (non-hydrogen) atoms. The van der Waals surface area contributed by atoms with Crippen LogP contribution in [-0.2, 0) is 14.8 Å². The third kappa shape index (κ3) is 6.94. The van der Waals surface area contributed by atoms with Crippen LogP contribution in [-0.4, -0.2) is 67.6 Å². The van der Waals surface area contributed by atoms with Gasteiger partial charge in [-0.3, -0.25) is 19.2 Å². The standard InChI is InChI=1S/C26H28N4O10S/c1-36-18-7-10-22(37-2)20(13-18)29(41(34,35)19-8-11-24(39-4)25(14-19)40-5)16-26(31)28-27-15-17-6-9-23(38-3)21(12-17)30(32)33/h6-15H,16H2,1-5H3,(H,28,31)/b27-15-. The number of nitrogens with zero attached hydrogens (tertiary/aromatic N) is 3. The van der Waals surface area contributed by atoms with E-state index in [-0.39, 0.29) is 33.5 Å². The lowest BCUT2D eigenvalue weighted by molar-refractivity contribution is -0.385. The van der Waals surface area contributed by atoms with E-state index in [0.29, 0.717) is 17.1 Å². The quantitative estimate of drug-likeness (QED) is 0.178. The molecule has 0 saturated heterocycles. The fourth-order valence-electron chi connectivity index (χ4n) is 3.67. The second-order valence-electron chi connectivity index (χ2n) is 8.05.